The van der Waals surface area contributed by atoms with Crippen molar-refractivity contribution in [1.29, 1.82) is 0 Å². The molecule has 1 unspecified atom stereocenters. The maximum atomic E-state index is 13.3. The summed E-state index contributed by atoms with van der Waals surface area (Å²) in [6.07, 6.45) is 3.56. The van der Waals surface area contributed by atoms with Crippen LogP contribution in [0.2, 0.25) is 0 Å². The predicted molar refractivity (Wildman–Crippen MR) is 105 cm³/mol. The van der Waals surface area contributed by atoms with Crippen LogP contribution in [0.15, 0.2) is 52.3 Å². The molecule has 1 N–H and O–H groups in total. The second-order valence-corrected chi connectivity index (χ2v) is 6.57. The van der Waals surface area contributed by atoms with Crippen LogP contribution in [0.1, 0.15) is 12.5 Å². The fourth-order valence-corrected chi connectivity index (χ4v) is 3.16. The minimum absolute atomic E-state index is 0.187. The molecule has 2 rings (SSSR count). The first-order valence-electron chi connectivity index (χ1n) is 7.09. The molecule has 0 radical (unpaired) electrons. The number of hydrazone groups is 1. The van der Waals surface area contributed by atoms with Crippen LogP contribution in [0.3, 0.4) is 0 Å². The fourth-order valence-electron chi connectivity index (χ4n) is 2.06. The molecule has 24 heavy (non-hydrogen) atoms. The van der Waals surface area contributed by atoms with Crippen LogP contribution in [-0.4, -0.2) is 26.4 Å². The average Bonchev–Trinajstić information content (AvgIpc) is 2.57. The number of aliphatic imine (C=N–C) groups is 1. The molecule has 0 saturated heterocycles. The second-order valence-electron chi connectivity index (χ2n) is 4.89. The standard InChI is InChI=1S/C16H16BrF2IN4/c1-3-22-24-15(7-12(8-17)23-16(24)20)10(2)21-9-11-4-5-13(18)14(19)6-11/h3-7,16,21H,2,8-9H2,1H3/b22-3-. The average molecular weight is 509 g/mol. The van der Waals surface area contributed by atoms with E-state index in [0.717, 1.165) is 17.5 Å². The first-order chi connectivity index (χ1) is 11.5. The Morgan fingerprint density at radius 3 is 2.88 bits per heavy atom. The number of halogens is 4. The number of nitrogens with one attached hydrogen (secondary N) is 1. The summed E-state index contributed by atoms with van der Waals surface area (Å²) in [6, 6.07) is 3.81. The van der Waals surface area contributed by atoms with Gasteiger partial charge in [-0.05, 0) is 53.3 Å². The zero-order valence-electron chi connectivity index (χ0n) is 12.9. The Labute approximate surface area is 161 Å². The lowest BCUT2D eigenvalue weighted by Crippen LogP contribution is -2.33. The van der Waals surface area contributed by atoms with Gasteiger partial charge in [0.15, 0.2) is 15.8 Å². The highest BCUT2D eigenvalue weighted by atomic mass is 127. The van der Waals surface area contributed by atoms with Gasteiger partial charge in [-0.15, -0.1) is 0 Å². The van der Waals surface area contributed by atoms with Crippen molar-refractivity contribution < 1.29 is 8.78 Å². The van der Waals surface area contributed by atoms with Gasteiger partial charge in [0.2, 0.25) is 0 Å². The van der Waals surface area contributed by atoms with Crippen LogP contribution >= 0.6 is 38.5 Å². The molecule has 0 spiro atoms. The van der Waals surface area contributed by atoms with Gasteiger partial charge in [0, 0.05) is 18.1 Å². The van der Waals surface area contributed by atoms with Gasteiger partial charge in [0.1, 0.15) is 0 Å². The van der Waals surface area contributed by atoms with Crippen molar-refractivity contribution in [3.8, 4) is 0 Å². The summed E-state index contributed by atoms with van der Waals surface area (Å²) in [7, 11) is 0. The summed E-state index contributed by atoms with van der Waals surface area (Å²) in [6.45, 7) is 6.18. The van der Waals surface area contributed by atoms with Gasteiger partial charge in [0.05, 0.1) is 17.1 Å². The van der Waals surface area contributed by atoms with Gasteiger partial charge < -0.3 is 5.32 Å². The zero-order valence-corrected chi connectivity index (χ0v) is 16.7. The molecule has 1 aromatic rings. The lowest BCUT2D eigenvalue weighted by atomic mass is 10.2. The molecule has 1 aliphatic heterocycles. The monoisotopic (exact) mass is 508 g/mol. The van der Waals surface area contributed by atoms with Crippen LogP contribution in [0.4, 0.5) is 8.78 Å². The van der Waals surface area contributed by atoms with Gasteiger partial charge in [-0.2, -0.15) is 5.10 Å². The third kappa shape index (κ3) is 4.62. The molecular formula is C16H16BrF2IN4. The van der Waals surface area contributed by atoms with E-state index in [2.05, 4.69) is 60.5 Å². The van der Waals surface area contributed by atoms with E-state index in [4.69, 9.17) is 0 Å². The molecule has 1 aromatic carbocycles. The zero-order chi connectivity index (χ0) is 17.7. The van der Waals surface area contributed by atoms with Crippen molar-refractivity contribution in [2.75, 3.05) is 5.33 Å². The Hall–Kier alpha value is -1.29. The van der Waals surface area contributed by atoms with E-state index in [1.54, 1.807) is 11.2 Å². The molecule has 0 saturated carbocycles. The molecular weight excluding hydrogens is 493 g/mol. The molecule has 128 valence electrons. The Morgan fingerprint density at radius 2 is 2.25 bits per heavy atom. The number of allylic oxidation sites excluding steroid dienone is 1. The SMILES string of the molecule is C=C(NCc1ccc(F)c(F)c1)C1=CC(CBr)=NC(I)N1/N=C\C. The van der Waals surface area contributed by atoms with Crippen molar-refractivity contribution >= 4 is 50.4 Å². The van der Waals surface area contributed by atoms with Crippen molar-refractivity contribution in [2.45, 2.75) is 17.6 Å². The number of rotatable bonds is 6. The highest BCUT2D eigenvalue weighted by Gasteiger charge is 2.23. The minimum Gasteiger partial charge on any atom is -0.380 e. The molecule has 1 aliphatic rings. The van der Waals surface area contributed by atoms with E-state index in [-0.39, 0.29) is 4.17 Å². The van der Waals surface area contributed by atoms with E-state index in [1.165, 1.54) is 12.1 Å². The van der Waals surface area contributed by atoms with Crippen LogP contribution < -0.4 is 5.32 Å². The fraction of sp³-hybridized carbons (Fsp3) is 0.250. The number of hydrogen-bond acceptors (Lipinski definition) is 4. The van der Waals surface area contributed by atoms with Crippen molar-refractivity contribution in [3.05, 3.63) is 59.4 Å². The molecule has 1 heterocycles. The first-order valence-corrected chi connectivity index (χ1v) is 9.46. The van der Waals surface area contributed by atoms with E-state index in [1.807, 2.05) is 13.0 Å². The first kappa shape index (κ1) is 19.0. The topological polar surface area (TPSA) is 40.0 Å². The number of hydrogen-bond donors (Lipinski definition) is 1. The summed E-state index contributed by atoms with van der Waals surface area (Å²) >= 11 is 5.58. The molecule has 0 fully saturated rings. The molecule has 8 heteroatoms. The largest absolute Gasteiger partial charge is 0.380 e. The lowest BCUT2D eigenvalue weighted by Gasteiger charge is -2.30. The molecule has 1 atom stereocenters. The Bertz CT molecular complexity index is 718. The number of benzene rings is 1. The summed E-state index contributed by atoms with van der Waals surface area (Å²) in [4.78, 5) is 4.51. The van der Waals surface area contributed by atoms with Gasteiger partial charge in [-0.1, -0.05) is 28.6 Å². The van der Waals surface area contributed by atoms with Gasteiger partial charge in [0.25, 0.3) is 0 Å². The second kappa shape index (κ2) is 8.70. The predicted octanol–water partition coefficient (Wildman–Crippen LogP) is 4.33. The normalized spacial score (nSPS) is 17.7. The minimum atomic E-state index is -0.866. The number of nitrogens with zero attached hydrogens (tertiary/aromatic N) is 3. The molecule has 4 nitrogen and oxygen atoms in total. The van der Waals surface area contributed by atoms with E-state index in [9.17, 15) is 8.78 Å². The smallest absolute Gasteiger partial charge is 0.193 e. The van der Waals surface area contributed by atoms with E-state index in [0.29, 0.717) is 23.1 Å². The third-order valence-corrected chi connectivity index (χ3v) is 4.58. The Balaban J connectivity index is 2.14. The van der Waals surface area contributed by atoms with E-state index >= 15 is 0 Å². The van der Waals surface area contributed by atoms with Gasteiger partial charge in [-0.25, -0.2) is 13.8 Å². The number of alkyl halides is 2. The maximum absolute atomic E-state index is 13.3. The third-order valence-electron chi connectivity index (χ3n) is 3.20. The molecule has 0 bridgehead atoms. The van der Waals surface area contributed by atoms with Crippen LogP contribution in [0.25, 0.3) is 0 Å². The summed E-state index contributed by atoms with van der Waals surface area (Å²) in [5.74, 6) is -1.73. The highest BCUT2D eigenvalue weighted by Crippen LogP contribution is 2.26. The van der Waals surface area contributed by atoms with Crippen LogP contribution in [0.5, 0.6) is 0 Å². The van der Waals surface area contributed by atoms with E-state index < -0.39 is 11.6 Å². The van der Waals surface area contributed by atoms with Gasteiger partial charge in [-0.3, -0.25) is 4.99 Å². The summed E-state index contributed by atoms with van der Waals surface area (Å²) in [5, 5.41) is 9.81. The summed E-state index contributed by atoms with van der Waals surface area (Å²) in [5.41, 5.74) is 2.90. The van der Waals surface area contributed by atoms with Crippen molar-refractivity contribution in [1.82, 2.24) is 10.3 Å². The molecule has 0 aliphatic carbocycles. The van der Waals surface area contributed by atoms with Crippen molar-refractivity contribution in [2.24, 2.45) is 10.1 Å². The lowest BCUT2D eigenvalue weighted by molar-refractivity contribution is 0.360. The Morgan fingerprint density at radius 1 is 1.50 bits per heavy atom. The van der Waals surface area contributed by atoms with Crippen LogP contribution in [-0.2, 0) is 6.54 Å². The van der Waals surface area contributed by atoms with Crippen LogP contribution in [0, 0.1) is 11.6 Å². The highest BCUT2D eigenvalue weighted by molar-refractivity contribution is 14.1. The Kier molecular flexibility index (Phi) is 6.90. The van der Waals surface area contributed by atoms with Crippen molar-refractivity contribution in [3.63, 3.8) is 0 Å². The maximum Gasteiger partial charge on any atom is 0.193 e. The molecule has 0 aromatic heterocycles. The quantitative estimate of drug-likeness (QED) is 0.269. The molecule has 0 amide bonds. The van der Waals surface area contributed by atoms with Gasteiger partial charge >= 0.3 is 0 Å². The summed E-state index contributed by atoms with van der Waals surface area (Å²) < 4.78 is 26.1.